The van der Waals surface area contributed by atoms with Gasteiger partial charge in [-0.25, -0.2) is 0 Å². The Bertz CT molecular complexity index is 606. The van der Waals surface area contributed by atoms with Crippen molar-refractivity contribution in [2.75, 3.05) is 10.6 Å². The highest BCUT2D eigenvalue weighted by molar-refractivity contribution is 5.99. The fourth-order valence-electron chi connectivity index (χ4n) is 1.60. The van der Waals surface area contributed by atoms with Crippen LogP contribution in [0, 0.1) is 0 Å². The highest BCUT2D eigenvalue weighted by Crippen LogP contribution is 2.16. The number of rotatable bonds is 3. The average Bonchev–Trinajstić information content (AvgIpc) is 2.39. The number of benzene rings is 1. The van der Waals surface area contributed by atoms with Crippen LogP contribution in [0.4, 0.5) is 11.4 Å². The van der Waals surface area contributed by atoms with E-state index in [1.54, 1.807) is 24.3 Å². The predicted octanol–water partition coefficient (Wildman–Crippen LogP) is 1.50. The maximum Gasteiger partial charge on any atom is 0.287 e. The fourth-order valence-corrected chi connectivity index (χ4v) is 1.60. The smallest absolute Gasteiger partial charge is 0.287 e. The van der Waals surface area contributed by atoms with Crippen LogP contribution < -0.4 is 10.6 Å². The Balaban J connectivity index is 2.04. The van der Waals surface area contributed by atoms with E-state index in [1.165, 1.54) is 19.1 Å². The van der Waals surface area contributed by atoms with Crippen molar-refractivity contribution in [2.24, 2.45) is 10.2 Å². The van der Waals surface area contributed by atoms with E-state index in [9.17, 15) is 14.4 Å². The highest BCUT2D eigenvalue weighted by Gasteiger charge is 2.18. The van der Waals surface area contributed by atoms with E-state index in [4.69, 9.17) is 0 Å². The summed E-state index contributed by atoms with van der Waals surface area (Å²) in [5.74, 6) is -1.09. The van der Waals surface area contributed by atoms with Crippen LogP contribution in [0.5, 0.6) is 0 Å². The minimum absolute atomic E-state index is 0.198. The van der Waals surface area contributed by atoms with E-state index < -0.39 is 17.9 Å². The summed E-state index contributed by atoms with van der Waals surface area (Å²) in [6, 6.07) is 5.88. The Morgan fingerprint density at radius 1 is 1.20 bits per heavy atom. The molecule has 1 aromatic carbocycles. The lowest BCUT2D eigenvalue weighted by Crippen LogP contribution is -2.25. The lowest BCUT2D eigenvalue weighted by atomic mass is 10.2. The molecule has 7 heteroatoms. The van der Waals surface area contributed by atoms with E-state index >= 15 is 0 Å². The van der Waals surface area contributed by atoms with E-state index in [0.717, 1.165) is 0 Å². The molecule has 1 aromatic rings. The van der Waals surface area contributed by atoms with Crippen LogP contribution in [-0.4, -0.2) is 23.8 Å². The SMILES string of the molecule is CC(=O)Nc1cccc(NC(=O)C2C=CC(=O)N=N2)c1. The highest BCUT2D eigenvalue weighted by atomic mass is 16.2. The van der Waals surface area contributed by atoms with Crippen LogP contribution in [0.15, 0.2) is 46.6 Å². The molecule has 0 fully saturated rings. The zero-order valence-electron chi connectivity index (χ0n) is 10.7. The van der Waals surface area contributed by atoms with Gasteiger partial charge in [-0.1, -0.05) is 6.07 Å². The first-order valence-corrected chi connectivity index (χ1v) is 5.86. The predicted molar refractivity (Wildman–Crippen MR) is 72.2 cm³/mol. The molecular formula is C13H12N4O3. The summed E-state index contributed by atoms with van der Waals surface area (Å²) in [7, 11) is 0. The van der Waals surface area contributed by atoms with Crippen molar-refractivity contribution in [1.82, 2.24) is 0 Å². The molecule has 3 amide bonds. The van der Waals surface area contributed by atoms with Gasteiger partial charge in [-0.2, -0.15) is 5.11 Å². The Hall–Kier alpha value is -2.83. The van der Waals surface area contributed by atoms with Gasteiger partial charge < -0.3 is 10.6 Å². The molecular weight excluding hydrogens is 260 g/mol. The molecule has 1 atom stereocenters. The molecule has 2 rings (SSSR count). The van der Waals surface area contributed by atoms with Gasteiger partial charge in [0.05, 0.1) is 0 Å². The van der Waals surface area contributed by atoms with E-state index in [0.29, 0.717) is 11.4 Å². The van der Waals surface area contributed by atoms with Gasteiger partial charge in [0, 0.05) is 24.4 Å². The number of anilines is 2. The van der Waals surface area contributed by atoms with E-state index in [1.807, 2.05) is 0 Å². The van der Waals surface area contributed by atoms with Gasteiger partial charge in [0.15, 0.2) is 6.04 Å². The molecule has 1 aliphatic heterocycles. The average molecular weight is 272 g/mol. The van der Waals surface area contributed by atoms with Crippen LogP contribution in [0.2, 0.25) is 0 Å². The fraction of sp³-hybridized carbons (Fsp3) is 0.154. The van der Waals surface area contributed by atoms with Gasteiger partial charge in [-0.15, -0.1) is 5.11 Å². The summed E-state index contributed by atoms with van der Waals surface area (Å²) in [5, 5.41) is 12.1. The van der Waals surface area contributed by atoms with E-state index in [-0.39, 0.29) is 5.91 Å². The number of carbonyl (C=O) groups excluding carboxylic acids is 3. The molecule has 1 unspecified atom stereocenters. The van der Waals surface area contributed by atoms with Gasteiger partial charge in [-0.3, -0.25) is 14.4 Å². The molecule has 2 N–H and O–H groups in total. The molecule has 7 nitrogen and oxygen atoms in total. The van der Waals surface area contributed by atoms with Crippen molar-refractivity contribution in [3.8, 4) is 0 Å². The van der Waals surface area contributed by atoms with Gasteiger partial charge in [0.25, 0.3) is 11.8 Å². The normalized spacial score (nSPS) is 16.9. The van der Waals surface area contributed by atoms with Crippen LogP contribution in [-0.2, 0) is 14.4 Å². The van der Waals surface area contributed by atoms with Crippen LogP contribution in [0.3, 0.4) is 0 Å². The number of azo groups is 1. The number of nitrogens with one attached hydrogen (secondary N) is 2. The maximum atomic E-state index is 11.9. The van der Waals surface area contributed by atoms with Crippen LogP contribution in [0.1, 0.15) is 6.92 Å². The molecule has 0 bridgehead atoms. The molecule has 1 aliphatic rings. The monoisotopic (exact) mass is 272 g/mol. The summed E-state index contributed by atoms with van der Waals surface area (Å²) < 4.78 is 0. The second-order valence-electron chi connectivity index (χ2n) is 4.11. The second kappa shape index (κ2) is 5.87. The zero-order chi connectivity index (χ0) is 14.5. The Morgan fingerprint density at radius 3 is 2.50 bits per heavy atom. The molecule has 1 heterocycles. The first-order chi connectivity index (χ1) is 9.54. The topological polar surface area (TPSA) is 100.0 Å². The summed E-state index contributed by atoms with van der Waals surface area (Å²) >= 11 is 0. The minimum atomic E-state index is -0.822. The Kier molecular flexibility index (Phi) is 3.99. The number of hydrogen-bond acceptors (Lipinski definition) is 4. The molecule has 0 saturated heterocycles. The quantitative estimate of drug-likeness (QED) is 0.871. The second-order valence-corrected chi connectivity index (χ2v) is 4.11. The number of amides is 3. The summed E-state index contributed by atoms with van der Waals surface area (Å²) in [6.07, 6.45) is 2.58. The molecule has 0 aromatic heterocycles. The number of carbonyl (C=O) groups is 3. The number of hydrogen-bond donors (Lipinski definition) is 2. The summed E-state index contributed by atoms with van der Waals surface area (Å²) in [5.41, 5.74) is 1.09. The molecule has 0 saturated carbocycles. The summed E-state index contributed by atoms with van der Waals surface area (Å²) in [6.45, 7) is 1.40. The van der Waals surface area contributed by atoms with Crippen molar-refractivity contribution in [3.05, 3.63) is 36.4 Å². The molecule has 0 aliphatic carbocycles. The third kappa shape index (κ3) is 3.58. The molecule has 0 radical (unpaired) electrons. The van der Waals surface area contributed by atoms with E-state index in [2.05, 4.69) is 20.9 Å². The van der Waals surface area contributed by atoms with Crippen molar-refractivity contribution >= 4 is 29.1 Å². The first-order valence-electron chi connectivity index (χ1n) is 5.86. The largest absolute Gasteiger partial charge is 0.326 e. The standard InChI is InChI=1S/C13H12N4O3/c1-8(18)14-9-3-2-4-10(7-9)15-13(20)11-5-6-12(19)17-16-11/h2-7,11H,1H3,(H,14,18)(H,15,20). The third-order valence-electron chi connectivity index (χ3n) is 2.42. The van der Waals surface area contributed by atoms with Gasteiger partial charge in [-0.05, 0) is 24.3 Å². The van der Waals surface area contributed by atoms with Crippen molar-refractivity contribution in [3.63, 3.8) is 0 Å². The Labute approximate surface area is 114 Å². The maximum absolute atomic E-state index is 11.9. The zero-order valence-corrected chi connectivity index (χ0v) is 10.7. The van der Waals surface area contributed by atoms with Gasteiger partial charge in [0.1, 0.15) is 0 Å². The molecule has 102 valence electrons. The summed E-state index contributed by atoms with van der Waals surface area (Å²) in [4.78, 5) is 33.7. The van der Waals surface area contributed by atoms with Gasteiger partial charge >= 0.3 is 0 Å². The Morgan fingerprint density at radius 2 is 1.90 bits per heavy atom. The molecule has 0 spiro atoms. The van der Waals surface area contributed by atoms with Crippen molar-refractivity contribution in [2.45, 2.75) is 13.0 Å². The minimum Gasteiger partial charge on any atom is -0.326 e. The van der Waals surface area contributed by atoms with Crippen LogP contribution >= 0.6 is 0 Å². The van der Waals surface area contributed by atoms with Crippen LogP contribution in [0.25, 0.3) is 0 Å². The lowest BCUT2D eigenvalue weighted by molar-refractivity contribution is -0.117. The van der Waals surface area contributed by atoms with Crippen molar-refractivity contribution in [1.29, 1.82) is 0 Å². The first kappa shape index (κ1) is 13.6. The lowest BCUT2D eigenvalue weighted by Gasteiger charge is -2.11. The number of nitrogens with zero attached hydrogens (tertiary/aromatic N) is 2. The molecule has 20 heavy (non-hydrogen) atoms. The van der Waals surface area contributed by atoms with Gasteiger partial charge in [0.2, 0.25) is 5.91 Å². The van der Waals surface area contributed by atoms with Crippen molar-refractivity contribution < 1.29 is 14.4 Å². The third-order valence-corrected chi connectivity index (χ3v) is 2.42.